The van der Waals surface area contributed by atoms with Gasteiger partial charge in [0.2, 0.25) is 11.7 Å². The highest BCUT2D eigenvalue weighted by Gasteiger charge is 2.15. The molecule has 0 radical (unpaired) electrons. The van der Waals surface area contributed by atoms with E-state index in [0.29, 0.717) is 5.56 Å². The van der Waals surface area contributed by atoms with Crippen molar-refractivity contribution < 1.29 is 32.4 Å². The van der Waals surface area contributed by atoms with Gasteiger partial charge in [0.1, 0.15) is 0 Å². The van der Waals surface area contributed by atoms with Crippen LogP contribution < -0.4 is 14.8 Å². The lowest BCUT2D eigenvalue weighted by molar-refractivity contribution is -0.387. The summed E-state index contributed by atoms with van der Waals surface area (Å²) in [5, 5.41) is 13.1. The van der Waals surface area contributed by atoms with Gasteiger partial charge < -0.3 is 14.8 Å². The van der Waals surface area contributed by atoms with E-state index in [1.807, 2.05) is 0 Å². The summed E-state index contributed by atoms with van der Waals surface area (Å²) < 4.78 is 47.7. The Morgan fingerprint density at radius 2 is 2.00 bits per heavy atom. The van der Waals surface area contributed by atoms with Gasteiger partial charge in [0.15, 0.2) is 11.5 Å². The zero-order chi connectivity index (χ0) is 20.7. The Bertz CT molecular complexity index is 903. The highest BCUT2D eigenvalue weighted by molar-refractivity contribution is 6.02. The van der Waals surface area contributed by atoms with E-state index in [9.17, 15) is 28.1 Å². The second kappa shape index (κ2) is 9.40. The van der Waals surface area contributed by atoms with Gasteiger partial charge in [-0.05, 0) is 42.8 Å². The van der Waals surface area contributed by atoms with Gasteiger partial charge in [0.25, 0.3) is 0 Å². The Hall–Kier alpha value is -3.56. The number of carbonyl (C=O) groups excluding carboxylic acids is 1. The minimum Gasteiger partial charge on any atom is -0.490 e. The first kappa shape index (κ1) is 20.7. The van der Waals surface area contributed by atoms with Crippen LogP contribution in [0.2, 0.25) is 0 Å². The Morgan fingerprint density at radius 3 is 2.64 bits per heavy atom. The summed E-state index contributed by atoms with van der Waals surface area (Å²) in [6.07, 6.45) is 2.50. The Labute approximate surface area is 157 Å². The van der Waals surface area contributed by atoms with E-state index in [1.54, 1.807) is 6.92 Å². The van der Waals surface area contributed by atoms with Gasteiger partial charge in [-0.2, -0.15) is 13.2 Å². The number of halogens is 3. The standard InChI is InChI=1S/C18H15F3N2O5/c1-2-27-16-9-11(3-7-15(16)28-18(20)21)4-8-17(24)22-12-5-6-13(19)14(10-12)23(25)26/h3-10,18H,2H2,1H3,(H,22,24)/b8-4+. The summed E-state index contributed by atoms with van der Waals surface area (Å²) >= 11 is 0. The number of hydrogen-bond acceptors (Lipinski definition) is 5. The molecule has 2 aromatic rings. The molecule has 0 spiro atoms. The Kier molecular flexibility index (Phi) is 6.96. The minimum atomic E-state index is -3.01. The summed E-state index contributed by atoms with van der Waals surface area (Å²) in [7, 11) is 0. The van der Waals surface area contributed by atoms with Gasteiger partial charge >= 0.3 is 12.3 Å². The molecule has 0 atom stereocenters. The largest absolute Gasteiger partial charge is 0.490 e. The lowest BCUT2D eigenvalue weighted by Crippen LogP contribution is -2.08. The molecule has 28 heavy (non-hydrogen) atoms. The number of alkyl halides is 2. The summed E-state index contributed by atoms with van der Waals surface area (Å²) in [5.74, 6) is -1.71. The normalized spacial score (nSPS) is 10.9. The lowest BCUT2D eigenvalue weighted by Gasteiger charge is -2.11. The zero-order valence-electron chi connectivity index (χ0n) is 14.5. The summed E-state index contributed by atoms with van der Waals surface area (Å²) in [4.78, 5) is 21.8. The third-order valence-electron chi connectivity index (χ3n) is 3.32. The summed E-state index contributed by atoms with van der Waals surface area (Å²) in [5.41, 5.74) is -0.263. The van der Waals surface area contributed by atoms with Crippen LogP contribution in [0.3, 0.4) is 0 Å². The molecule has 0 fully saturated rings. The lowest BCUT2D eigenvalue weighted by atomic mass is 10.2. The van der Waals surface area contributed by atoms with E-state index in [0.717, 1.165) is 18.2 Å². The van der Waals surface area contributed by atoms with E-state index in [1.165, 1.54) is 30.3 Å². The van der Waals surface area contributed by atoms with E-state index < -0.39 is 28.9 Å². The van der Waals surface area contributed by atoms with Crippen molar-refractivity contribution in [2.24, 2.45) is 0 Å². The zero-order valence-corrected chi connectivity index (χ0v) is 14.5. The van der Waals surface area contributed by atoms with Crippen molar-refractivity contribution in [2.45, 2.75) is 13.5 Å². The number of ether oxygens (including phenoxy) is 2. The number of nitrogens with one attached hydrogen (secondary N) is 1. The number of amides is 1. The van der Waals surface area contributed by atoms with Crippen LogP contribution in [0.1, 0.15) is 12.5 Å². The van der Waals surface area contributed by atoms with Crippen LogP contribution in [0.25, 0.3) is 6.08 Å². The van der Waals surface area contributed by atoms with Crippen molar-refractivity contribution >= 4 is 23.4 Å². The third-order valence-corrected chi connectivity index (χ3v) is 3.32. The van der Waals surface area contributed by atoms with Crippen molar-refractivity contribution in [1.29, 1.82) is 0 Å². The molecule has 0 aliphatic rings. The molecule has 0 heterocycles. The number of hydrogen-bond donors (Lipinski definition) is 1. The fourth-order valence-electron chi connectivity index (χ4n) is 2.18. The molecule has 148 valence electrons. The molecule has 1 amide bonds. The highest BCUT2D eigenvalue weighted by atomic mass is 19.3. The predicted octanol–water partition coefficient (Wildman–Crippen LogP) is 4.39. The van der Waals surface area contributed by atoms with E-state index in [4.69, 9.17) is 4.74 Å². The molecule has 0 aromatic heterocycles. The van der Waals surface area contributed by atoms with E-state index in [-0.39, 0.29) is 23.8 Å². The predicted molar refractivity (Wildman–Crippen MR) is 95.0 cm³/mol. The van der Waals surface area contributed by atoms with Crippen LogP contribution >= 0.6 is 0 Å². The molecule has 2 aromatic carbocycles. The molecule has 10 heteroatoms. The topological polar surface area (TPSA) is 90.7 Å². The van der Waals surface area contributed by atoms with Crippen LogP contribution in [0.5, 0.6) is 11.5 Å². The first-order chi connectivity index (χ1) is 13.3. The van der Waals surface area contributed by atoms with Crippen LogP contribution in [0.15, 0.2) is 42.5 Å². The van der Waals surface area contributed by atoms with E-state index in [2.05, 4.69) is 10.1 Å². The molecular formula is C18H15F3N2O5. The molecule has 0 unspecified atom stereocenters. The van der Waals surface area contributed by atoms with E-state index >= 15 is 0 Å². The quantitative estimate of drug-likeness (QED) is 0.406. The molecule has 1 N–H and O–H groups in total. The second-order valence-electron chi connectivity index (χ2n) is 5.26. The number of nitrogens with zero attached hydrogens (tertiary/aromatic N) is 1. The number of carbonyl (C=O) groups is 1. The van der Waals surface area contributed by atoms with Crippen molar-refractivity contribution in [3.8, 4) is 11.5 Å². The monoisotopic (exact) mass is 396 g/mol. The van der Waals surface area contributed by atoms with Gasteiger partial charge in [-0.15, -0.1) is 0 Å². The van der Waals surface area contributed by atoms with Gasteiger partial charge in [-0.1, -0.05) is 6.07 Å². The summed E-state index contributed by atoms with van der Waals surface area (Å²) in [6, 6.07) is 7.06. The third kappa shape index (κ3) is 5.73. The SMILES string of the molecule is CCOc1cc(/C=C/C(=O)Nc2ccc(F)c([N+](=O)[O-])c2)ccc1OC(F)F. The van der Waals surface area contributed by atoms with Crippen molar-refractivity contribution in [3.05, 3.63) is 64.0 Å². The average molecular weight is 396 g/mol. The fraction of sp³-hybridized carbons (Fsp3) is 0.167. The number of rotatable bonds is 8. The molecule has 2 rings (SSSR count). The van der Waals surface area contributed by atoms with Crippen molar-refractivity contribution in [1.82, 2.24) is 0 Å². The number of nitro groups is 1. The summed E-state index contributed by atoms with van der Waals surface area (Å²) in [6.45, 7) is -1.12. The van der Waals surface area contributed by atoms with Crippen molar-refractivity contribution in [3.63, 3.8) is 0 Å². The number of benzene rings is 2. The Balaban J connectivity index is 2.12. The first-order valence-electron chi connectivity index (χ1n) is 7.94. The average Bonchev–Trinajstić information content (AvgIpc) is 2.63. The van der Waals surface area contributed by atoms with Gasteiger partial charge in [-0.25, -0.2) is 0 Å². The molecule has 7 nitrogen and oxygen atoms in total. The van der Waals surface area contributed by atoms with Gasteiger partial charge in [0, 0.05) is 17.8 Å². The fourth-order valence-corrected chi connectivity index (χ4v) is 2.18. The first-order valence-corrected chi connectivity index (χ1v) is 7.94. The second-order valence-corrected chi connectivity index (χ2v) is 5.26. The molecule has 0 saturated heterocycles. The van der Waals surface area contributed by atoms with Gasteiger partial charge in [-0.3, -0.25) is 14.9 Å². The smallest absolute Gasteiger partial charge is 0.387 e. The Morgan fingerprint density at radius 1 is 1.25 bits per heavy atom. The maximum atomic E-state index is 13.3. The van der Waals surface area contributed by atoms with Crippen LogP contribution in [-0.4, -0.2) is 24.0 Å². The molecule has 0 aliphatic carbocycles. The molecule has 0 aliphatic heterocycles. The molecular weight excluding hydrogens is 381 g/mol. The minimum absolute atomic E-state index is 0.0402. The van der Waals surface area contributed by atoms with Crippen LogP contribution in [-0.2, 0) is 4.79 Å². The number of nitro benzene ring substituents is 1. The van der Waals surface area contributed by atoms with Crippen LogP contribution in [0.4, 0.5) is 24.5 Å². The number of anilines is 1. The maximum Gasteiger partial charge on any atom is 0.387 e. The maximum absolute atomic E-state index is 13.3. The molecule has 0 bridgehead atoms. The molecule has 0 saturated carbocycles. The van der Waals surface area contributed by atoms with Gasteiger partial charge in [0.05, 0.1) is 11.5 Å². The highest BCUT2D eigenvalue weighted by Crippen LogP contribution is 2.30. The van der Waals surface area contributed by atoms with Crippen molar-refractivity contribution in [2.75, 3.05) is 11.9 Å². The van der Waals surface area contributed by atoms with Crippen LogP contribution in [0, 0.1) is 15.9 Å².